The minimum absolute atomic E-state index is 0.121. The van der Waals surface area contributed by atoms with Crippen molar-refractivity contribution in [2.75, 3.05) is 11.9 Å². The Labute approximate surface area is 152 Å². The third kappa shape index (κ3) is 4.50. The number of ether oxygens (including phenoxy) is 1. The number of non-ortho nitro benzene ring substituents is 1. The van der Waals surface area contributed by atoms with Gasteiger partial charge < -0.3 is 10.1 Å². The van der Waals surface area contributed by atoms with Gasteiger partial charge in [-0.2, -0.15) is 0 Å². The van der Waals surface area contributed by atoms with Crippen molar-refractivity contribution < 1.29 is 14.5 Å². The van der Waals surface area contributed by atoms with Crippen LogP contribution < -0.4 is 10.1 Å². The Balaban J connectivity index is 2.05. The summed E-state index contributed by atoms with van der Waals surface area (Å²) < 4.78 is 5.30. The van der Waals surface area contributed by atoms with E-state index in [2.05, 4.69) is 5.32 Å². The number of halogens is 3. The Hall–Kier alpha value is -2.02. The number of aryl methyl sites for hydroxylation is 1. The van der Waals surface area contributed by atoms with Crippen LogP contribution in [0.2, 0.25) is 15.1 Å². The van der Waals surface area contributed by atoms with Crippen LogP contribution >= 0.6 is 34.8 Å². The first-order chi connectivity index (χ1) is 11.3. The predicted octanol–water partition coefficient (Wildman–Crippen LogP) is 4.88. The zero-order chi connectivity index (χ0) is 17.9. The van der Waals surface area contributed by atoms with Crippen LogP contribution in [0.1, 0.15) is 5.56 Å². The number of nitrogens with one attached hydrogen (secondary N) is 1. The maximum Gasteiger partial charge on any atom is 0.271 e. The molecule has 0 saturated heterocycles. The van der Waals surface area contributed by atoms with Crippen molar-refractivity contribution >= 4 is 52.1 Å². The lowest BCUT2D eigenvalue weighted by Gasteiger charge is -2.11. The standard InChI is InChI=1S/C15H11Cl3N2O4/c1-8-2-3-9(20(22)23)4-13(8)19-15(21)7-24-14-6-11(17)10(16)5-12(14)18/h2-6H,7H2,1H3,(H,19,21). The number of rotatable bonds is 5. The van der Waals surface area contributed by atoms with Crippen LogP contribution in [0.15, 0.2) is 30.3 Å². The number of benzene rings is 2. The highest BCUT2D eigenvalue weighted by Crippen LogP contribution is 2.33. The Morgan fingerprint density at radius 2 is 1.83 bits per heavy atom. The van der Waals surface area contributed by atoms with Crippen LogP contribution in [0.4, 0.5) is 11.4 Å². The Morgan fingerprint density at radius 3 is 2.50 bits per heavy atom. The highest BCUT2D eigenvalue weighted by atomic mass is 35.5. The fourth-order valence-electron chi connectivity index (χ4n) is 1.80. The molecule has 6 nitrogen and oxygen atoms in total. The molecule has 1 amide bonds. The summed E-state index contributed by atoms with van der Waals surface area (Å²) in [5.41, 5.74) is 0.893. The molecule has 0 saturated carbocycles. The molecule has 126 valence electrons. The summed E-state index contributed by atoms with van der Waals surface area (Å²) >= 11 is 17.6. The summed E-state index contributed by atoms with van der Waals surface area (Å²) in [6.45, 7) is 1.37. The molecule has 2 aromatic carbocycles. The molecule has 0 aliphatic carbocycles. The Bertz CT molecular complexity index is 812. The first-order valence-electron chi connectivity index (χ1n) is 6.60. The number of carbonyl (C=O) groups is 1. The predicted molar refractivity (Wildman–Crippen MR) is 93.4 cm³/mol. The van der Waals surface area contributed by atoms with Gasteiger partial charge in [-0.05, 0) is 18.6 Å². The van der Waals surface area contributed by atoms with Gasteiger partial charge in [-0.25, -0.2) is 0 Å². The average molecular weight is 390 g/mol. The summed E-state index contributed by atoms with van der Waals surface area (Å²) in [6, 6.07) is 6.99. The van der Waals surface area contributed by atoms with Gasteiger partial charge in [0, 0.05) is 18.2 Å². The number of hydrogen-bond donors (Lipinski definition) is 1. The molecule has 2 aromatic rings. The summed E-state index contributed by atoms with van der Waals surface area (Å²) in [5.74, 6) is -0.294. The lowest BCUT2D eigenvalue weighted by molar-refractivity contribution is -0.384. The van der Waals surface area contributed by atoms with E-state index in [0.29, 0.717) is 11.3 Å². The van der Waals surface area contributed by atoms with E-state index in [9.17, 15) is 14.9 Å². The van der Waals surface area contributed by atoms with Crippen LogP contribution in [-0.4, -0.2) is 17.4 Å². The molecular formula is C15H11Cl3N2O4. The zero-order valence-electron chi connectivity index (χ0n) is 12.3. The number of nitrogens with zero attached hydrogens (tertiary/aromatic N) is 1. The summed E-state index contributed by atoms with van der Waals surface area (Å²) in [4.78, 5) is 22.2. The summed E-state index contributed by atoms with van der Waals surface area (Å²) in [5, 5.41) is 14.1. The summed E-state index contributed by atoms with van der Waals surface area (Å²) in [7, 11) is 0. The SMILES string of the molecule is Cc1ccc([N+](=O)[O-])cc1NC(=O)COc1cc(Cl)c(Cl)cc1Cl. The molecule has 0 atom stereocenters. The third-order valence-electron chi connectivity index (χ3n) is 3.04. The largest absolute Gasteiger partial charge is 0.482 e. The number of amides is 1. The highest BCUT2D eigenvalue weighted by molar-refractivity contribution is 6.43. The molecule has 0 bridgehead atoms. The van der Waals surface area contributed by atoms with Crippen LogP contribution in [0, 0.1) is 17.0 Å². The molecule has 0 spiro atoms. The monoisotopic (exact) mass is 388 g/mol. The van der Waals surface area contributed by atoms with E-state index in [1.54, 1.807) is 13.0 Å². The van der Waals surface area contributed by atoms with Crippen LogP contribution in [0.5, 0.6) is 5.75 Å². The lowest BCUT2D eigenvalue weighted by Crippen LogP contribution is -2.20. The van der Waals surface area contributed by atoms with E-state index in [1.807, 2.05) is 0 Å². The van der Waals surface area contributed by atoms with Crippen molar-refractivity contribution in [1.29, 1.82) is 0 Å². The number of hydrogen-bond acceptors (Lipinski definition) is 4. The minimum Gasteiger partial charge on any atom is -0.482 e. The molecule has 0 aromatic heterocycles. The maximum absolute atomic E-state index is 12.0. The van der Waals surface area contributed by atoms with Crippen molar-refractivity contribution in [2.45, 2.75) is 6.92 Å². The van der Waals surface area contributed by atoms with Crippen LogP contribution in [-0.2, 0) is 4.79 Å². The molecule has 24 heavy (non-hydrogen) atoms. The molecule has 0 unspecified atom stereocenters. The number of nitro benzene ring substituents is 1. The number of nitro groups is 1. The molecule has 1 N–H and O–H groups in total. The second-order valence-electron chi connectivity index (χ2n) is 4.79. The maximum atomic E-state index is 12.0. The van der Waals surface area contributed by atoms with Crippen molar-refractivity contribution in [3.63, 3.8) is 0 Å². The highest BCUT2D eigenvalue weighted by Gasteiger charge is 2.13. The Kier molecular flexibility index (Phi) is 5.88. The topological polar surface area (TPSA) is 81.5 Å². The van der Waals surface area contributed by atoms with Gasteiger partial charge in [0.2, 0.25) is 0 Å². The van der Waals surface area contributed by atoms with E-state index in [4.69, 9.17) is 39.5 Å². The molecule has 0 aliphatic rings. The van der Waals surface area contributed by atoms with Crippen molar-refractivity contribution in [3.05, 3.63) is 61.1 Å². The van der Waals surface area contributed by atoms with Gasteiger partial charge in [-0.3, -0.25) is 14.9 Å². The van der Waals surface area contributed by atoms with E-state index in [1.165, 1.54) is 24.3 Å². The zero-order valence-corrected chi connectivity index (χ0v) is 14.6. The molecule has 2 rings (SSSR count). The van der Waals surface area contributed by atoms with E-state index in [-0.39, 0.29) is 33.1 Å². The quantitative estimate of drug-likeness (QED) is 0.449. The van der Waals surface area contributed by atoms with Crippen molar-refractivity contribution in [3.8, 4) is 5.75 Å². The van der Waals surface area contributed by atoms with Crippen molar-refractivity contribution in [2.24, 2.45) is 0 Å². The van der Waals surface area contributed by atoms with E-state index >= 15 is 0 Å². The smallest absolute Gasteiger partial charge is 0.271 e. The Morgan fingerprint density at radius 1 is 1.17 bits per heavy atom. The van der Waals surface area contributed by atoms with Gasteiger partial charge in [0.1, 0.15) is 5.75 Å². The molecule has 0 heterocycles. The molecule has 0 aliphatic heterocycles. The average Bonchev–Trinajstić information content (AvgIpc) is 2.51. The van der Waals surface area contributed by atoms with Crippen LogP contribution in [0.25, 0.3) is 0 Å². The number of anilines is 1. The van der Waals surface area contributed by atoms with Gasteiger partial charge in [-0.15, -0.1) is 0 Å². The fourth-order valence-corrected chi connectivity index (χ4v) is 2.39. The first kappa shape index (κ1) is 18.3. The van der Waals surface area contributed by atoms with Gasteiger partial charge in [0.15, 0.2) is 6.61 Å². The lowest BCUT2D eigenvalue weighted by atomic mass is 10.2. The van der Waals surface area contributed by atoms with Crippen molar-refractivity contribution in [1.82, 2.24) is 0 Å². The summed E-state index contributed by atoms with van der Waals surface area (Å²) in [6.07, 6.45) is 0. The molecule has 9 heteroatoms. The minimum atomic E-state index is -0.541. The second kappa shape index (κ2) is 7.70. The number of carbonyl (C=O) groups excluding carboxylic acids is 1. The van der Waals surface area contributed by atoms with Gasteiger partial charge in [0.05, 0.1) is 25.7 Å². The fraction of sp³-hybridized carbons (Fsp3) is 0.133. The van der Waals surface area contributed by atoms with E-state index < -0.39 is 10.8 Å². The normalized spacial score (nSPS) is 10.3. The molecule has 0 radical (unpaired) electrons. The van der Waals surface area contributed by atoms with Gasteiger partial charge in [-0.1, -0.05) is 40.9 Å². The van der Waals surface area contributed by atoms with Crippen LogP contribution in [0.3, 0.4) is 0 Å². The second-order valence-corrected chi connectivity index (χ2v) is 6.01. The van der Waals surface area contributed by atoms with E-state index in [0.717, 1.165) is 0 Å². The molecular weight excluding hydrogens is 379 g/mol. The third-order valence-corrected chi connectivity index (χ3v) is 4.06. The first-order valence-corrected chi connectivity index (χ1v) is 7.73. The van der Waals surface area contributed by atoms with Gasteiger partial charge >= 0.3 is 0 Å². The van der Waals surface area contributed by atoms with Gasteiger partial charge in [0.25, 0.3) is 11.6 Å². The molecule has 0 fully saturated rings.